The molecule has 2 aromatic rings. The van der Waals surface area contributed by atoms with Crippen molar-refractivity contribution in [2.75, 3.05) is 11.9 Å². The Morgan fingerprint density at radius 2 is 2.24 bits per heavy atom. The highest BCUT2D eigenvalue weighted by atomic mass is 32.1. The van der Waals surface area contributed by atoms with Crippen LogP contribution < -0.4 is 5.32 Å². The van der Waals surface area contributed by atoms with E-state index in [-0.39, 0.29) is 11.9 Å². The van der Waals surface area contributed by atoms with E-state index < -0.39 is 0 Å². The van der Waals surface area contributed by atoms with Gasteiger partial charge in [-0.2, -0.15) is 0 Å². The van der Waals surface area contributed by atoms with Gasteiger partial charge in [0.25, 0.3) is 5.91 Å². The summed E-state index contributed by atoms with van der Waals surface area (Å²) in [4.78, 5) is 16.0. The topological polar surface area (TPSA) is 32.3 Å². The van der Waals surface area contributed by atoms with Crippen molar-refractivity contribution in [3.8, 4) is 0 Å². The molecule has 4 heteroatoms. The van der Waals surface area contributed by atoms with Crippen molar-refractivity contribution in [2.24, 2.45) is 0 Å². The molecule has 2 heterocycles. The number of fused-ring (bicyclic) bond motifs is 1. The lowest BCUT2D eigenvalue weighted by molar-refractivity contribution is 0.0692. The van der Waals surface area contributed by atoms with Crippen LogP contribution >= 0.6 is 11.3 Å². The van der Waals surface area contributed by atoms with E-state index in [1.165, 1.54) is 16.1 Å². The standard InChI is InChI=1S/C17H20N2OS/c1-12(2)19(11-15-4-3-9-21-15)17(20)14-5-6-16-13(10-14)7-8-18-16/h3-6,9-10,12,18H,7-8,11H2,1-2H3. The Labute approximate surface area is 129 Å². The molecule has 21 heavy (non-hydrogen) atoms. The summed E-state index contributed by atoms with van der Waals surface area (Å²) in [6.45, 7) is 5.79. The number of hydrogen-bond donors (Lipinski definition) is 1. The van der Waals surface area contributed by atoms with E-state index in [9.17, 15) is 4.79 Å². The van der Waals surface area contributed by atoms with Gasteiger partial charge >= 0.3 is 0 Å². The molecule has 1 N–H and O–H groups in total. The first-order chi connectivity index (χ1) is 10.1. The minimum absolute atomic E-state index is 0.119. The highest BCUT2D eigenvalue weighted by Crippen LogP contribution is 2.24. The molecule has 0 unspecified atom stereocenters. The minimum atomic E-state index is 0.119. The molecule has 1 aliphatic rings. The van der Waals surface area contributed by atoms with Gasteiger partial charge in [0.05, 0.1) is 6.54 Å². The fourth-order valence-electron chi connectivity index (χ4n) is 2.66. The molecule has 1 aliphatic heterocycles. The second kappa shape index (κ2) is 5.90. The van der Waals surface area contributed by atoms with E-state index >= 15 is 0 Å². The highest BCUT2D eigenvalue weighted by Gasteiger charge is 2.21. The number of hydrogen-bond acceptors (Lipinski definition) is 3. The summed E-state index contributed by atoms with van der Waals surface area (Å²) in [5.74, 6) is 0.119. The summed E-state index contributed by atoms with van der Waals surface area (Å²) in [7, 11) is 0. The first kappa shape index (κ1) is 14.1. The predicted molar refractivity (Wildman–Crippen MR) is 88.0 cm³/mol. The first-order valence-corrected chi connectivity index (χ1v) is 8.23. The van der Waals surface area contributed by atoms with Gasteiger partial charge in [0.15, 0.2) is 0 Å². The fraction of sp³-hybridized carbons (Fsp3) is 0.353. The number of anilines is 1. The van der Waals surface area contributed by atoms with Crippen LogP contribution in [0.3, 0.4) is 0 Å². The molecule has 0 radical (unpaired) electrons. The zero-order valence-corrected chi connectivity index (χ0v) is 13.2. The summed E-state index contributed by atoms with van der Waals surface area (Å²) in [5.41, 5.74) is 3.21. The largest absolute Gasteiger partial charge is 0.384 e. The summed E-state index contributed by atoms with van der Waals surface area (Å²) in [5, 5.41) is 5.39. The van der Waals surface area contributed by atoms with Crippen LogP contribution in [0.2, 0.25) is 0 Å². The summed E-state index contributed by atoms with van der Waals surface area (Å²) >= 11 is 1.70. The molecular formula is C17H20N2OS. The molecule has 1 aromatic carbocycles. The van der Waals surface area contributed by atoms with Crippen LogP contribution in [0.5, 0.6) is 0 Å². The third-order valence-electron chi connectivity index (χ3n) is 3.85. The number of carbonyl (C=O) groups is 1. The van der Waals surface area contributed by atoms with E-state index in [1.807, 2.05) is 29.2 Å². The van der Waals surface area contributed by atoms with Gasteiger partial charge < -0.3 is 10.2 Å². The van der Waals surface area contributed by atoms with Crippen molar-refractivity contribution in [2.45, 2.75) is 32.9 Å². The molecule has 0 fully saturated rings. The van der Waals surface area contributed by atoms with Crippen molar-refractivity contribution in [1.29, 1.82) is 0 Å². The van der Waals surface area contributed by atoms with Gasteiger partial charge in [-0.15, -0.1) is 11.3 Å². The Kier molecular flexibility index (Phi) is 3.97. The maximum absolute atomic E-state index is 12.8. The number of rotatable bonds is 4. The molecule has 0 saturated carbocycles. The maximum Gasteiger partial charge on any atom is 0.254 e. The van der Waals surface area contributed by atoms with Crippen molar-refractivity contribution in [3.05, 3.63) is 51.7 Å². The molecule has 3 nitrogen and oxygen atoms in total. The molecule has 1 aromatic heterocycles. The monoisotopic (exact) mass is 300 g/mol. The van der Waals surface area contributed by atoms with E-state index in [2.05, 4.69) is 30.6 Å². The average Bonchev–Trinajstić information content (AvgIpc) is 3.14. The van der Waals surface area contributed by atoms with Crippen LogP contribution in [0.25, 0.3) is 0 Å². The van der Waals surface area contributed by atoms with Crippen molar-refractivity contribution < 1.29 is 4.79 Å². The minimum Gasteiger partial charge on any atom is -0.384 e. The summed E-state index contributed by atoms with van der Waals surface area (Å²) in [6.07, 6.45) is 1.00. The molecule has 110 valence electrons. The van der Waals surface area contributed by atoms with Crippen molar-refractivity contribution >= 4 is 22.9 Å². The molecule has 0 aliphatic carbocycles. The fourth-order valence-corrected chi connectivity index (χ4v) is 3.37. The van der Waals surface area contributed by atoms with E-state index in [0.29, 0.717) is 6.54 Å². The highest BCUT2D eigenvalue weighted by molar-refractivity contribution is 7.09. The molecule has 0 saturated heterocycles. The molecular weight excluding hydrogens is 280 g/mol. The normalized spacial score (nSPS) is 13.1. The van der Waals surface area contributed by atoms with Crippen LogP contribution in [0.4, 0.5) is 5.69 Å². The van der Waals surface area contributed by atoms with Gasteiger partial charge in [-0.25, -0.2) is 0 Å². The lowest BCUT2D eigenvalue weighted by Crippen LogP contribution is -2.36. The van der Waals surface area contributed by atoms with Crippen molar-refractivity contribution in [1.82, 2.24) is 4.90 Å². The van der Waals surface area contributed by atoms with Gasteiger partial charge in [-0.05, 0) is 55.5 Å². The Morgan fingerprint density at radius 1 is 1.38 bits per heavy atom. The van der Waals surface area contributed by atoms with Crippen LogP contribution in [0, 0.1) is 0 Å². The smallest absolute Gasteiger partial charge is 0.254 e. The lowest BCUT2D eigenvalue weighted by Gasteiger charge is -2.26. The van der Waals surface area contributed by atoms with Gasteiger partial charge in [0, 0.05) is 28.7 Å². The van der Waals surface area contributed by atoms with Gasteiger partial charge in [0.1, 0.15) is 0 Å². The van der Waals surface area contributed by atoms with E-state index in [0.717, 1.165) is 18.5 Å². The summed E-state index contributed by atoms with van der Waals surface area (Å²) in [6, 6.07) is 10.3. The van der Waals surface area contributed by atoms with Crippen LogP contribution in [-0.4, -0.2) is 23.4 Å². The Hall–Kier alpha value is -1.81. The number of nitrogens with zero attached hydrogens (tertiary/aromatic N) is 1. The van der Waals surface area contributed by atoms with Gasteiger partial charge in [-0.1, -0.05) is 6.07 Å². The Balaban J connectivity index is 1.83. The second-order valence-corrected chi connectivity index (χ2v) is 6.69. The SMILES string of the molecule is CC(C)N(Cc1cccs1)C(=O)c1ccc2c(c1)CCN2. The lowest BCUT2D eigenvalue weighted by atomic mass is 10.1. The third kappa shape index (κ3) is 2.95. The maximum atomic E-state index is 12.8. The van der Waals surface area contributed by atoms with Crippen LogP contribution in [-0.2, 0) is 13.0 Å². The zero-order chi connectivity index (χ0) is 14.8. The van der Waals surface area contributed by atoms with Crippen LogP contribution in [0.15, 0.2) is 35.7 Å². The Morgan fingerprint density at radius 3 is 2.95 bits per heavy atom. The van der Waals surface area contributed by atoms with Gasteiger partial charge in [-0.3, -0.25) is 4.79 Å². The van der Waals surface area contributed by atoms with E-state index in [4.69, 9.17) is 0 Å². The third-order valence-corrected chi connectivity index (χ3v) is 4.71. The molecule has 1 amide bonds. The summed E-state index contributed by atoms with van der Waals surface area (Å²) < 4.78 is 0. The predicted octanol–water partition coefficient (Wildman–Crippen LogP) is 3.77. The van der Waals surface area contributed by atoms with E-state index in [1.54, 1.807) is 11.3 Å². The molecule has 0 bridgehead atoms. The van der Waals surface area contributed by atoms with Crippen molar-refractivity contribution in [3.63, 3.8) is 0 Å². The number of carbonyl (C=O) groups excluding carboxylic acids is 1. The van der Waals surface area contributed by atoms with Gasteiger partial charge in [0.2, 0.25) is 0 Å². The quantitative estimate of drug-likeness (QED) is 0.932. The number of nitrogens with one attached hydrogen (secondary N) is 1. The number of benzene rings is 1. The molecule has 0 spiro atoms. The Bertz CT molecular complexity index is 634. The first-order valence-electron chi connectivity index (χ1n) is 7.35. The molecule has 0 atom stereocenters. The average molecular weight is 300 g/mol. The zero-order valence-electron chi connectivity index (χ0n) is 12.4. The second-order valence-electron chi connectivity index (χ2n) is 5.65. The molecule has 3 rings (SSSR count). The number of amides is 1. The number of thiophene rings is 1. The van der Waals surface area contributed by atoms with Crippen LogP contribution in [0.1, 0.15) is 34.6 Å².